The monoisotopic (exact) mass is 292 g/mol. The number of anilines is 2. The minimum absolute atomic E-state index is 0.0123. The minimum Gasteiger partial charge on any atom is -0.329 e. The molecule has 0 bridgehead atoms. The van der Waals surface area contributed by atoms with Crippen molar-refractivity contribution in [2.24, 2.45) is 10.9 Å². The van der Waals surface area contributed by atoms with E-state index in [9.17, 15) is 8.42 Å². The molecule has 0 spiro atoms. The Balaban J connectivity index is 2.36. The molecule has 0 radical (unpaired) electrons. The van der Waals surface area contributed by atoms with E-state index in [-0.39, 0.29) is 4.90 Å². The number of sulfonamides is 1. The second kappa shape index (κ2) is 5.58. The van der Waals surface area contributed by atoms with Crippen LogP contribution in [0.2, 0.25) is 0 Å². The van der Waals surface area contributed by atoms with Crippen LogP contribution in [0.4, 0.5) is 11.5 Å². The second-order valence-corrected chi connectivity index (χ2v) is 5.85. The Bertz CT molecular complexity index is 699. The summed E-state index contributed by atoms with van der Waals surface area (Å²) in [7, 11) is -1.88. The van der Waals surface area contributed by atoms with Crippen molar-refractivity contribution >= 4 is 21.5 Å². The van der Waals surface area contributed by atoms with Crippen molar-refractivity contribution in [3.8, 4) is 0 Å². The summed E-state index contributed by atoms with van der Waals surface area (Å²) in [5.74, 6) is 0.610. The summed E-state index contributed by atoms with van der Waals surface area (Å²) in [5.41, 5.74) is 7.61. The highest BCUT2D eigenvalue weighted by Gasteiger charge is 2.12. The Morgan fingerprint density at radius 1 is 1.20 bits per heavy atom. The van der Waals surface area contributed by atoms with E-state index in [0.29, 0.717) is 12.4 Å². The van der Waals surface area contributed by atoms with Gasteiger partial charge < -0.3 is 10.6 Å². The van der Waals surface area contributed by atoms with Gasteiger partial charge in [-0.2, -0.15) is 0 Å². The average Bonchev–Trinajstić information content (AvgIpc) is 2.45. The molecule has 6 nitrogen and oxygen atoms in total. The maximum absolute atomic E-state index is 11.2. The molecule has 1 heterocycles. The largest absolute Gasteiger partial charge is 0.329 e. The van der Waals surface area contributed by atoms with Crippen molar-refractivity contribution in [1.29, 1.82) is 0 Å². The smallest absolute Gasteiger partial charge is 0.239 e. The predicted molar refractivity (Wildman–Crippen MR) is 78.0 cm³/mol. The number of primary sulfonamides is 1. The van der Waals surface area contributed by atoms with Gasteiger partial charge in [0.05, 0.1) is 0 Å². The summed E-state index contributed by atoms with van der Waals surface area (Å²) in [4.78, 5) is 5.95. The van der Waals surface area contributed by atoms with Gasteiger partial charge in [0.1, 0.15) is 10.7 Å². The Kier molecular flexibility index (Phi) is 4.03. The fourth-order valence-corrected chi connectivity index (χ4v) is 2.33. The third-order valence-electron chi connectivity index (χ3n) is 2.97. The Hall–Kier alpha value is -1.96. The molecule has 0 amide bonds. The molecule has 0 saturated carbocycles. The Morgan fingerprint density at radius 3 is 2.45 bits per heavy atom. The summed E-state index contributed by atoms with van der Waals surface area (Å²) in [6, 6.07) is 10.7. The van der Waals surface area contributed by atoms with E-state index >= 15 is 0 Å². The number of nitrogens with two attached hydrogens (primary N) is 2. The minimum atomic E-state index is -3.72. The number of benzene rings is 1. The van der Waals surface area contributed by atoms with Gasteiger partial charge in [-0.3, -0.25) is 0 Å². The lowest BCUT2D eigenvalue weighted by atomic mass is 10.1. The number of hydrogen-bond acceptors (Lipinski definition) is 5. The van der Waals surface area contributed by atoms with Crippen LogP contribution < -0.4 is 15.8 Å². The summed E-state index contributed by atoms with van der Waals surface area (Å²) in [6.07, 6.45) is 1.24. The van der Waals surface area contributed by atoms with Crippen LogP contribution in [0.1, 0.15) is 5.56 Å². The number of para-hydroxylation sites is 1. The first-order valence-corrected chi connectivity index (χ1v) is 7.48. The van der Waals surface area contributed by atoms with Gasteiger partial charge >= 0.3 is 0 Å². The molecule has 20 heavy (non-hydrogen) atoms. The van der Waals surface area contributed by atoms with Crippen LogP contribution in [-0.2, 0) is 16.6 Å². The van der Waals surface area contributed by atoms with Crippen molar-refractivity contribution in [2.45, 2.75) is 11.4 Å². The lowest BCUT2D eigenvalue weighted by Crippen LogP contribution is -2.16. The third kappa shape index (κ3) is 2.96. The molecule has 7 heteroatoms. The van der Waals surface area contributed by atoms with E-state index in [1.165, 1.54) is 12.3 Å². The summed E-state index contributed by atoms with van der Waals surface area (Å²) in [5, 5.41) is 5.04. The summed E-state index contributed by atoms with van der Waals surface area (Å²) >= 11 is 0. The average molecular weight is 292 g/mol. The third-order valence-corrected chi connectivity index (χ3v) is 3.86. The van der Waals surface area contributed by atoms with Crippen molar-refractivity contribution in [3.05, 3.63) is 48.2 Å². The van der Waals surface area contributed by atoms with Crippen molar-refractivity contribution < 1.29 is 8.42 Å². The number of rotatable bonds is 4. The highest BCUT2D eigenvalue weighted by atomic mass is 32.2. The van der Waals surface area contributed by atoms with E-state index in [0.717, 1.165) is 11.3 Å². The summed E-state index contributed by atoms with van der Waals surface area (Å²) in [6.45, 7) is 0.412. The highest BCUT2D eigenvalue weighted by Crippen LogP contribution is 2.25. The second-order valence-electron chi connectivity index (χ2n) is 4.29. The number of nitrogens with zero attached hydrogens (tertiary/aromatic N) is 2. The predicted octanol–water partition coefficient (Wildman–Crippen LogP) is 0.956. The number of hydrogen-bond donors (Lipinski definition) is 2. The molecule has 106 valence electrons. The fraction of sp³-hybridized carbons (Fsp3) is 0.154. The first kappa shape index (κ1) is 14.4. The standard InChI is InChI=1S/C13H16N4O2S/c1-17(12-5-3-2-4-10(12)8-14)13-7-6-11(9-16-13)20(15,18)19/h2-7,9H,8,14H2,1H3,(H2,15,18,19). The Morgan fingerprint density at radius 2 is 1.90 bits per heavy atom. The van der Waals surface area contributed by atoms with Crippen molar-refractivity contribution in [3.63, 3.8) is 0 Å². The zero-order chi connectivity index (χ0) is 14.8. The molecule has 0 atom stereocenters. The van der Waals surface area contributed by atoms with E-state index < -0.39 is 10.0 Å². The maximum atomic E-state index is 11.2. The molecule has 0 aliphatic heterocycles. The van der Waals surface area contributed by atoms with Gasteiger partial charge in [0.15, 0.2) is 0 Å². The van der Waals surface area contributed by atoms with Crippen LogP contribution >= 0.6 is 0 Å². The molecule has 1 aromatic carbocycles. The SMILES string of the molecule is CN(c1ccc(S(N)(=O)=O)cn1)c1ccccc1CN. The fourth-order valence-electron chi connectivity index (χ4n) is 1.87. The van der Waals surface area contributed by atoms with Crippen molar-refractivity contribution in [1.82, 2.24) is 4.98 Å². The first-order valence-electron chi connectivity index (χ1n) is 5.94. The maximum Gasteiger partial charge on any atom is 0.239 e. The van der Waals surface area contributed by atoms with E-state index in [2.05, 4.69) is 4.98 Å². The molecular formula is C13H16N4O2S. The topological polar surface area (TPSA) is 102 Å². The normalized spacial score (nSPS) is 11.3. The molecule has 4 N–H and O–H groups in total. The first-order chi connectivity index (χ1) is 9.43. The number of pyridine rings is 1. The lowest BCUT2D eigenvalue weighted by Gasteiger charge is -2.21. The van der Waals surface area contributed by atoms with Gasteiger partial charge in [-0.1, -0.05) is 18.2 Å². The van der Waals surface area contributed by atoms with Crippen LogP contribution in [0.15, 0.2) is 47.5 Å². The number of aromatic nitrogens is 1. The molecule has 0 saturated heterocycles. The van der Waals surface area contributed by atoms with Gasteiger partial charge in [0, 0.05) is 25.5 Å². The molecule has 0 aliphatic carbocycles. The van der Waals surface area contributed by atoms with Crippen LogP contribution in [0.3, 0.4) is 0 Å². The highest BCUT2D eigenvalue weighted by molar-refractivity contribution is 7.89. The molecule has 2 aromatic rings. The molecular weight excluding hydrogens is 276 g/mol. The van der Waals surface area contributed by atoms with Crippen LogP contribution in [0, 0.1) is 0 Å². The van der Waals surface area contributed by atoms with E-state index in [4.69, 9.17) is 10.9 Å². The van der Waals surface area contributed by atoms with Crippen LogP contribution in [0.25, 0.3) is 0 Å². The van der Waals surface area contributed by atoms with Crippen molar-refractivity contribution in [2.75, 3.05) is 11.9 Å². The summed E-state index contributed by atoms with van der Waals surface area (Å²) < 4.78 is 22.4. The zero-order valence-corrected chi connectivity index (χ0v) is 11.8. The van der Waals surface area contributed by atoms with E-state index in [1.807, 2.05) is 36.2 Å². The lowest BCUT2D eigenvalue weighted by molar-refractivity contribution is 0.597. The molecule has 0 aliphatic rings. The molecule has 0 fully saturated rings. The van der Waals surface area contributed by atoms with Crippen LogP contribution in [0.5, 0.6) is 0 Å². The van der Waals surface area contributed by atoms with Gasteiger partial charge in [0.25, 0.3) is 0 Å². The Labute approximate surface area is 118 Å². The quantitative estimate of drug-likeness (QED) is 0.873. The van der Waals surface area contributed by atoms with Gasteiger partial charge in [-0.05, 0) is 23.8 Å². The van der Waals surface area contributed by atoms with E-state index in [1.54, 1.807) is 6.07 Å². The zero-order valence-electron chi connectivity index (χ0n) is 11.0. The molecule has 1 aromatic heterocycles. The van der Waals surface area contributed by atoms with Gasteiger partial charge in [0.2, 0.25) is 10.0 Å². The van der Waals surface area contributed by atoms with Crippen LogP contribution in [-0.4, -0.2) is 20.4 Å². The molecule has 0 unspecified atom stereocenters. The van der Waals surface area contributed by atoms with Gasteiger partial charge in [-0.15, -0.1) is 0 Å². The van der Waals surface area contributed by atoms with Gasteiger partial charge in [-0.25, -0.2) is 18.5 Å². The molecule has 2 rings (SSSR count).